The van der Waals surface area contributed by atoms with E-state index in [0.29, 0.717) is 17.0 Å². The lowest BCUT2D eigenvalue weighted by Gasteiger charge is -2.22. The molecule has 1 atom stereocenters. The van der Waals surface area contributed by atoms with Crippen LogP contribution < -0.4 is 10.5 Å². The van der Waals surface area contributed by atoms with Crippen molar-refractivity contribution in [2.45, 2.75) is 32.6 Å². The third-order valence-corrected chi connectivity index (χ3v) is 4.17. The molecule has 4 heteroatoms. The highest BCUT2D eigenvalue weighted by atomic mass is 16.5. The molecule has 0 aliphatic carbocycles. The van der Waals surface area contributed by atoms with Gasteiger partial charge in [-0.3, -0.25) is 4.79 Å². The van der Waals surface area contributed by atoms with Gasteiger partial charge in [-0.2, -0.15) is 0 Å². The number of carbonyl (C=O) groups excluding carboxylic acids is 1. The molecule has 0 radical (unpaired) electrons. The molecule has 1 heterocycles. The zero-order valence-corrected chi connectivity index (χ0v) is 12.4. The van der Waals surface area contributed by atoms with E-state index in [1.54, 1.807) is 25.3 Å². The van der Waals surface area contributed by atoms with Crippen LogP contribution in [-0.2, 0) is 0 Å². The molecule has 1 unspecified atom stereocenters. The van der Waals surface area contributed by atoms with Gasteiger partial charge in [-0.15, -0.1) is 0 Å². The van der Waals surface area contributed by atoms with Crippen molar-refractivity contribution in [1.29, 1.82) is 0 Å². The third-order valence-electron chi connectivity index (χ3n) is 4.17. The number of rotatable bonds is 3. The van der Waals surface area contributed by atoms with Gasteiger partial charge in [-0.05, 0) is 37.3 Å². The molecule has 1 aromatic carbocycles. The Kier molecular flexibility index (Phi) is 4.88. The van der Waals surface area contributed by atoms with E-state index >= 15 is 0 Å². The second-order valence-corrected chi connectivity index (χ2v) is 5.46. The number of nitrogens with zero attached hydrogens (tertiary/aromatic N) is 1. The first-order chi connectivity index (χ1) is 9.65. The number of benzene rings is 1. The lowest BCUT2D eigenvalue weighted by molar-refractivity contribution is 0.0756. The maximum Gasteiger partial charge on any atom is 0.257 e. The minimum atomic E-state index is 0.0543. The van der Waals surface area contributed by atoms with Gasteiger partial charge in [0, 0.05) is 24.8 Å². The van der Waals surface area contributed by atoms with Crippen LogP contribution in [0.5, 0.6) is 5.75 Å². The van der Waals surface area contributed by atoms with Gasteiger partial charge in [0.1, 0.15) is 5.75 Å². The number of hydrogen-bond donors (Lipinski definition) is 1. The second kappa shape index (κ2) is 6.64. The van der Waals surface area contributed by atoms with Gasteiger partial charge < -0.3 is 15.4 Å². The molecule has 0 bridgehead atoms. The van der Waals surface area contributed by atoms with E-state index < -0.39 is 0 Å². The number of anilines is 1. The molecule has 1 saturated heterocycles. The molecule has 4 nitrogen and oxygen atoms in total. The molecule has 1 fully saturated rings. The highest BCUT2D eigenvalue weighted by molar-refractivity contribution is 5.97. The van der Waals surface area contributed by atoms with E-state index in [-0.39, 0.29) is 5.91 Å². The number of ether oxygens (including phenoxy) is 1. The van der Waals surface area contributed by atoms with E-state index in [2.05, 4.69) is 6.92 Å². The number of carbonyl (C=O) groups is 1. The first kappa shape index (κ1) is 14.7. The van der Waals surface area contributed by atoms with Crippen molar-refractivity contribution in [3.8, 4) is 5.75 Å². The number of likely N-dealkylation sites (tertiary alicyclic amines) is 1. The van der Waals surface area contributed by atoms with Crippen molar-refractivity contribution in [3.63, 3.8) is 0 Å². The van der Waals surface area contributed by atoms with Crippen LogP contribution in [0.15, 0.2) is 18.2 Å². The Balaban J connectivity index is 2.14. The first-order valence-corrected chi connectivity index (χ1v) is 7.38. The lowest BCUT2D eigenvalue weighted by Crippen LogP contribution is -2.32. The summed E-state index contributed by atoms with van der Waals surface area (Å²) in [5.74, 6) is 1.37. The summed E-state index contributed by atoms with van der Waals surface area (Å²) in [5.41, 5.74) is 6.96. The summed E-state index contributed by atoms with van der Waals surface area (Å²) < 4.78 is 5.28. The van der Waals surface area contributed by atoms with Gasteiger partial charge in [0.25, 0.3) is 5.91 Å². The quantitative estimate of drug-likeness (QED) is 0.864. The standard InChI is InChI=1S/C16H24N2O2/c1-3-12-5-4-9-18(10-8-12)16(19)14-7-6-13(17)11-15(14)20-2/h6-7,11-12H,3-5,8-10,17H2,1-2H3. The molecular formula is C16H24N2O2. The Hall–Kier alpha value is -1.71. The minimum Gasteiger partial charge on any atom is -0.496 e. The van der Waals surface area contributed by atoms with Crippen molar-refractivity contribution in [1.82, 2.24) is 4.90 Å². The van der Waals surface area contributed by atoms with Crippen LogP contribution in [0.2, 0.25) is 0 Å². The van der Waals surface area contributed by atoms with E-state index in [0.717, 1.165) is 31.8 Å². The number of amides is 1. The van der Waals surface area contributed by atoms with Gasteiger partial charge >= 0.3 is 0 Å². The molecule has 0 aromatic heterocycles. The molecular weight excluding hydrogens is 252 g/mol. The zero-order chi connectivity index (χ0) is 14.5. The summed E-state index contributed by atoms with van der Waals surface area (Å²) in [5, 5.41) is 0. The molecule has 0 spiro atoms. The molecule has 1 aliphatic rings. The predicted octanol–water partition coefficient (Wildman–Crippen LogP) is 2.93. The van der Waals surface area contributed by atoms with Gasteiger partial charge in [-0.25, -0.2) is 0 Å². The number of hydrogen-bond acceptors (Lipinski definition) is 3. The van der Waals surface area contributed by atoms with Crippen LogP contribution in [0.1, 0.15) is 43.0 Å². The first-order valence-electron chi connectivity index (χ1n) is 7.38. The highest BCUT2D eigenvalue weighted by Gasteiger charge is 2.23. The van der Waals surface area contributed by atoms with Gasteiger partial charge in [0.2, 0.25) is 0 Å². The fraction of sp³-hybridized carbons (Fsp3) is 0.562. The van der Waals surface area contributed by atoms with Crippen LogP contribution >= 0.6 is 0 Å². The fourth-order valence-corrected chi connectivity index (χ4v) is 2.83. The normalized spacial score (nSPS) is 19.5. The van der Waals surface area contributed by atoms with Crippen molar-refractivity contribution >= 4 is 11.6 Å². The smallest absolute Gasteiger partial charge is 0.257 e. The van der Waals surface area contributed by atoms with Gasteiger partial charge in [0.15, 0.2) is 0 Å². The predicted molar refractivity (Wildman–Crippen MR) is 80.9 cm³/mol. The maximum absolute atomic E-state index is 12.6. The summed E-state index contributed by atoms with van der Waals surface area (Å²) >= 11 is 0. The SMILES string of the molecule is CCC1CCCN(C(=O)c2ccc(N)cc2OC)CC1. The monoisotopic (exact) mass is 276 g/mol. The van der Waals surface area contributed by atoms with E-state index in [9.17, 15) is 4.79 Å². The molecule has 20 heavy (non-hydrogen) atoms. The van der Waals surface area contributed by atoms with Gasteiger partial charge in [-0.1, -0.05) is 13.3 Å². The number of nitrogens with two attached hydrogens (primary N) is 1. The third kappa shape index (κ3) is 3.24. The summed E-state index contributed by atoms with van der Waals surface area (Å²) in [6, 6.07) is 5.22. The van der Waals surface area contributed by atoms with Crippen molar-refractivity contribution in [2.24, 2.45) is 5.92 Å². The molecule has 1 aliphatic heterocycles. The zero-order valence-electron chi connectivity index (χ0n) is 12.4. The average Bonchev–Trinajstić information content (AvgIpc) is 2.71. The van der Waals surface area contributed by atoms with E-state index in [1.807, 2.05) is 4.90 Å². The summed E-state index contributed by atoms with van der Waals surface area (Å²) in [6.45, 7) is 3.90. The molecule has 1 amide bonds. The molecule has 2 rings (SSSR count). The van der Waals surface area contributed by atoms with Crippen LogP contribution in [-0.4, -0.2) is 31.0 Å². The highest BCUT2D eigenvalue weighted by Crippen LogP contribution is 2.26. The number of methoxy groups -OCH3 is 1. The Morgan fingerprint density at radius 3 is 2.90 bits per heavy atom. The number of nitrogen functional groups attached to an aromatic ring is 1. The second-order valence-electron chi connectivity index (χ2n) is 5.46. The lowest BCUT2D eigenvalue weighted by atomic mass is 9.98. The molecule has 0 saturated carbocycles. The molecule has 110 valence electrons. The Morgan fingerprint density at radius 2 is 2.20 bits per heavy atom. The van der Waals surface area contributed by atoms with Crippen molar-refractivity contribution < 1.29 is 9.53 Å². The minimum absolute atomic E-state index is 0.0543. The largest absolute Gasteiger partial charge is 0.496 e. The Labute approximate surface area is 120 Å². The van der Waals surface area contributed by atoms with E-state index in [4.69, 9.17) is 10.5 Å². The maximum atomic E-state index is 12.6. The Bertz CT molecular complexity index is 474. The van der Waals surface area contributed by atoms with Crippen molar-refractivity contribution in [2.75, 3.05) is 25.9 Å². The van der Waals surface area contributed by atoms with Crippen LogP contribution in [0, 0.1) is 5.92 Å². The average molecular weight is 276 g/mol. The Morgan fingerprint density at radius 1 is 1.40 bits per heavy atom. The van der Waals surface area contributed by atoms with Crippen LogP contribution in [0.25, 0.3) is 0 Å². The van der Waals surface area contributed by atoms with E-state index in [1.165, 1.54) is 12.8 Å². The van der Waals surface area contributed by atoms with Crippen LogP contribution in [0.4, 0.5) is 5.69 Å². The topological polar surface area (TPSA) is 55.6 Å². The summed E-state index contributed by atoms with van der Waals surface area (Å²) in [7, 11) is 1.57. The fourth-order valence-electron chi connectivity index (χ4n) is 2.83. The van der Waals surface area contributed by atoms with Crippen molar-refractivity contribution in [3.05, 3.63) is 23.8 Å². The summed E-state index contributed by atoms with van der Waals surface area (Å²) in [6.07, 6.45) is 4.60. The molecule has 1 aromatic rings. The molecule has 2 N–H and O–H groups in total. The summed E-state index contributed by atoms with van der Waals surface area (Å²) in [4.78, 5) is 14.6. The van der Waals surface area contributed by atoms with Crippen LogP contribution in [0.3, 0.4) is 0 Å². The van der Waals surface area contributed by atoms with Gasteiger partial charge in [0.05, 0.1) is 12.7 Å².